The molecule has 0 spiro atoms. The second-order valence-electron chi connectivity index (χ2n) is 5.80. The van der Waals surface area contributed by atoms with Crippen LogP contribution in [0.25, 0.3) is 11.0 Å². The Kier molecular flexibility index (Phi) is 3.51. The first kappa shape index (κ1) is 13.2. The van der Waals surface area contributed by atoms with E-state index in [0.29, 0.717) is 22.6 Å². The van der Waals surface area contributed by atoms with Gasteiger partial charge < -0.3 is 4.90 Å². The highest BCUT2D eigenvalue weighted by Gasteiger charge is 2.26. The maximum absolute atomic E-state index is 12.5. The fourth-order valence-corrected chi connectivity index (χ4v) is 2.91. The van der Waals surface area contributed by atoms with Gasteiger partial charge in [0, 0.05) is 18.7 Å². The third kappa shape index (κ3) is 2.44. The molecule has 1 aromatic carbocycles. The summed E-state index contributed by atoms with van der Waals surface area (Å²) in [7, 11) is 4.18. The number of hydrogen-bond donors (Lipinski definition) is 0. The zero-order valence-corrected chi connectivity index (χ0v) is 11.9. The summed E-state index contributed by atoms with van der Waals surface area (Å²) in [6.07, 6.45) is 4.59. The van der Waals surface area contributed by atoms with Crippen LogP contribution in [0.3, 0.4) is 0 Å². The molecule has 3 rings (SSSR count). The van der Waals surface area contributed by atoms with Crippen LogP contribution in [0.2, 0.25) is 12.6 Å². The Hall–Kier alpha value is -1.78. The van der Waals surface area contributed by atoms with Crippen LogP contribution in [-0.2, 0) is 0 Å². The number of benzene rings is 1. The lowest BCUT2D eigenvalue weighted by Gasteiger charge is -2.33. The molecule has 1 aromatic heterocycles. The first-order valence-corrected chi connectivity index (χ1v) is 7.14. The molecule has 1 aliphatic rings. The molecule has 0 saturated carbocycles. The van der Waals surface area contributed by atoms with E-state index in [0.717, 1.165) is 19.4 Å². The molecule has 5 nitrogen and oxygen atoms in total. The second kappa shape index (κ2) is 5.31. The quantitative estimate of drug-likeness (QED) is 0.765. The highest BCUT2D eigenvalue weighted by atomic mass is 16.6. The molecule has 0 aliphatic carbocycles. The minimum absolute atomic E-state index is 0.0504. The molecular formula is C13H17B2N3O2. The standard InChI is InChI=1S/C13H17B2N3O2/c1-18(10-4-6-15(14)7-5-10)13(19)9-2-3-11-12(8-9)17-20-16-11/h2-3,8,10H,4-7,14H2,1H3. The fourth-order valence-electron chi connectivity index (χ4n) is 2.91. The van der Waals surface area contributed by atoms with E-state index in [1.54, 1.807) is 18.2 Å². The molecule has 0 unspecified atom stereocenters. The molecule has 1 fully saturated rings. The van der Waals surface area contributed by atoms with Crippen molar-refractivity contribution in [3.05, 3.63) is 23.8 Å². The highest BCUT2D eigenvalue weighted by molar-refractivity contribution is 7.03. The topological polar surface area (TPSA) is 59.2 Å². The highest BCUT2D eigenvalue weighted by Crippen LogP contribution is 2.23. The largest absolute Gasteiger partial charge is 0.339 e. The van der Waals surface area contributed by atoms with E-state index in [2.05, 4.69) is 22.7 Å². The van der Waals surface area contributed by atoms with Crippen molar-refractivity contribution in [2.24, 2.45) is 0 Å². The van der Waals surface area contributed by atoms with Gasteiger partial charge in [0.05, 0.1) is 7.74 Å². The summed E-state index contributed by atoms with van der Waals surface area (Å²) in [5.74, 6) is 0.0504. The van der Waals surface area contributed by atoms with Crippen LogP contribution >= 0.6 is 0 Å². The lowest BCUT2D eigenvalue weighted by atomic mass is 9.27. The van der Waals surface area contributed by atoms with Gasteiger partial charge in [-0.15, -0.1) is 0 Å². The van der Waals surface area contributed by atoms with Crippen LogP contribution in [0.15, 0.2) is 22.8 Å². The number of amides is 1. The minimum Gasteiger partial charge on any atom is -0.339 e. The van der Waals surface area contributed by atoms with Gasteiger partial charge in [-0.1, -0.05) is 12.6 Å². The lowest BCUT2D eigenvalue weighted by molar-refractivity contribution is 0.0720. The summed E-state index contributed by atoms with van der Waals surface area (Å²) in [6, 6.07) is 5.66. The number of hydrogen-bond acceptors (Lipinski definition) is 4. The van der Waals surface area contributed by atoms with Gasteiger partial charge in [0.25, 0.3) is 5.91 Å². The monoisotopic (exact) mass is 269 g/mol. The van der Waals surface area contributed by atoms with E-state index in [9.17, 15) is 4.79 Å². The Morgan fingerprint density at radius 3 is 2.80 bits per heavy atom. The third-order valence-corrected chi connectivity index (χ3v) is 4.35. The predicted molar refractivity (Wildman–Crippen MR) is 80.8 cm³/mol. The average molecular weight is 269 g/mol. The maximum atomic E-state index is 12.5. The minimum atomic E-state index is 0.0504. The van der Waals surface area contributed by atoms with Crippen LogP contribution in [0.4, 0.5) is 0 Å². The molecule has 0 bridgehead atoms. The number of rotatable bonds is 2. The van der Waals surface area contributed by atoms with E-state index in [-0.39, 0.29) is 5.91 Å². The maximum Gasteiger partial charge on any atom is 0.253 e. The van der Waals surface area contributed by atoms with Crippen molar-refractivity contribution >= 4 is 31.3 Å². The zero-order valence-electron chi connectivity index (χ0n) is 11.9. The summed E-state index contributed by atoms with van der Waals surface area (Å²) in [5, 5.41) is 7.54. The van der Waals surface area contributed by atoms with Crippen LogP contribution in [0, 0.1) is 0 Å². The smallest absolute Gasteiger partial charge is 0.253 e. The number of carbonyl (C=O) groups excluding carboxylic acids is 1. The van der Waals surface area contributed by atoms with Crippen LogP contribution in [0.5, 0.6) is 0 Å². The van der Waals surface area contributed by atoms with Crippen molar-refractivity contribution in [3.8, 4) is 0 Å². The average Bonchev–Trinajstić information content (AvgIpc) is 2.94. The molecule has 0 N–H and O–H groups in total. The summed E-state index contributed by atoms with van der Waals surface area (Å²) in [4.78, 5) is 14.4. The molecule has 0 radical (unpaired) electrons. The molecular weight excluding hydrogens is 252 g/mol. The van der Waals surface area contributed by atoms with Gasteiger partial charge in [-0.05, 0) is 41.4 Å². The second-order valence-corrected chi connectivity index (χ2v) is 5.80. The van der Waals surface area contributed by atoms with E-state index in [1.165, 1.54) is 12.6 Å². The lowest BCUT2D eigenvalue weighted by Crippen LogP contribution is -2.40. The Bertz CT molecular complexity index is 623. The SMILES string of the molecule is BB1CCC(N(C)C(=O)c2ccc3nonc3c2)CC1. The third-order valence-electron chi connectivity index (χ3n) is 4.35. The molecule has 20 heavy (non-hydrogen) atoms. The normalized spacial score (nSPS) is 16.6. The molecule has 102 valence electrons. The first-order valence-electron chi connectivity index (χ1n) is 7.14. The van der Waals surface area contributed by atoms with Gasteiger partial charge in [-0.25, -0.2) is 4.63 Å². The number of aromatic nitrogens is 2. The van der Waals surface area contributed by atoms with E-state index >= 15 is 0 Å². The van der Waals surface area contributed by atoms with Gasteiger partial charge in [0.2, 0.25) is 0 Å². The summed E-state index contributed by atoms with van der Waals surface area (Å²) in [5.41, 5.74) is 1.95. The number of carbonyl (C=O) groups is 1. The van der Waals surface area contributed by atoms with Gasteiger partial charge in [0.1, 0.15) is 17.6 Å². The van der Waals surface area contributed by atoms with E-state index < -0.39 is 0 Å². The molecule has 1 saturated heterocycles. The number of nitrogens with zero attached hydrogens (tertiary/aromatic N) is 3. The van der Waals surface area contributed by atoms with Gasteiger partial charge in [0.15, 0.2) is 0 Å². The van der Waals surface area contributed by atoms with Gasteiger partial charge >= 0.3 is 0 Å². The summed E-state index contributed by atoms with van der Waals surface area (Å²) in [6.45, 7) is 0.785. The molecule has 0 atom stereocenters. The molecule has 1 aliphatic heterocycles. The van der Waals surface area contributed by atoms with Crippen LogP contribution in [0.1, 0.15) is 23.2 Å². The predicted octanol–water partition coefficient (Wildman–Crippen LogP) is 1.08. The van der Waals surface area contributed by atoms with Crippen LogP contribution in [-0.4, -0.2) is 48.6 Å². The van der Waals surface area contributed by atoms with Crippen LogP contribution < -0.4 is 0 Å². The summed E-state index contributed by atoms with van der Waals surface area (Å²) >= 11 is 0. The van der Waals surface area contributed by atoms with Crippen molar-refractivity contribution in [1.82, 2.24) is 15.2 Å². The fraction of sp³-hybridized carbons (Fsp3) is 0.462. The van der Waals surface area contributed by atoms with Crippen molar-refractivity contribution in [2.45, 2.75) is 31.5 Å². The Labute approximate surface area is 119 Å². The molecule has 1 amide bonds. The molecule has 7 heteroatoms. The number of fused-ring (bicyclic) bond motifs is 1. The van der Waals surface area contributed by atoms with Crippen molar-refractivity contribution in [3.63, 3.8) is 0 Å². The molecule has 2 heterocycles. The van der Waals surface area contributed by atoms with Crippen molar-refractivity contribution in [1.29, 1.82) is 0 Å². The van der Waals surface area contributed by atoms with Crippen molar-refractivity contribution in [2.75, 3.05) is 7.05 Å². The first-order chi connectivity index (χ1) is 9.65. The Balaban J connectivity index is 1.77. The Morgan fingerprint density at radius 2 is 2.05 bits per heavy atom. The summed E-state index contributed by atoms with van der Waals surface area (Å²) < 4.78 is 4.66. The zero-order chi connectivity index (χ0) is 14.1. The van der Waals surface area contributed by atoms with Gasteiger partial charge in [-0.3, -0.25) is 4.79 Å². The van der Waals surface area contributed by atoms with Gasteiger partial charge in [-0.2, -0.15) is 0 Å². The molecule has 2 aromatic rings. The van der Waals surface area contributed by atoms with E-state index in [4.69, 9.17) is 0 Å². The Morgan fingerprint density at radius 1 is 1.35 bits per heavy atom. The van der Waals surface area contributed by atoms with E-state index in [1.807, 2.05) is 11.9 Å². The van der Waals surface area contributed by atoms with Crippen molar-refractivity contribution < 1.29 is 9.42 Å².